The SMILES string of the molecule is CCSc1ncccc1C(=O)Nc1cnn(CCC(C)(C)OC)c1. The summed E-state index contributed by atoms with van der Waals surface area (Å²) in [4.78, 5) is 16.7. The van der Waals surface area contributed by atoms with Crippen LogP contribution >= 0.6 is 11.8 Å². The van der Waals surface area contributed by atoms with Gasteiger partial charge in [0.2, 0.25) is 0 Å². The normalized spacial score (nSPS) is 11.5. The standard InChI is InChI=1S/C17H24N4O2S/c1-5-24-16-14(7-6-9-18-16)15(22)20-13-11-19-21(12-13)10-8-17(2,3)23-4/h6-7,9,11-12H,5,8,10H2,1-4H3,(H,20,22). The molecule has 7 heteroatoms. The number of anilines is 1. The van der Waals surface area contributed by atoms with Gasteiger partial charge in [0.05, 0.1) is 23.0 Å². The fourth-order valence-electron chi connectivity index (χ4n) is 2.05. The van der Waals surface area contributed by atoms with Gasteiger partial charge >= 0.3 is 0 Å². The fraction of sp³-hybridized carbons (Fsp3) is 0.471. The molecule has 0 aliphatic carbocycles. The summed E-state index contributed by atoms with van der Waals surface area (Å²) < 4.78 is 7.21. The predicted molar refractivity (Wildman–Crippen MR) is 96.5 cm³/mol. The van der Waals surface area contributed by atoms with E-state index in [2.05, 4.69) is 15.4 Å². The minimum Gasteiger partial charge on any atom is -0.379 e. The topological polar surface area (TPSA) is 69.0 Å². The van der Waals surface area contributed by atoms with E-state index in [1.165, 1.54) is 0 Å². The summed E-state index contributed by atoms with van der Waals surface area (Å²) in [5, 5.41) is 7.91. The van der Waals surface area contributed by atoms with Gasteiger partial charge in [0.25, 0.3) is 5.91 Å². The van der Waals surface area contributed by atoms with Crippen molar-refractivity contribution in [2.24, 2.45) is 0 Å². The van der Waals surface area contributed by atoms with Gasteiger partial charge < -0.3 is 10.1 Å². The highest BCUT2D eigenvalue weighted by atomic mass is 32.2. The Bertz CT molecular complexity index is 685. The van der Waals surface area contributed by atoms with Crippen molar-refractivity contribution in [3.63, 3.8) is 0 Å². The number of aryl methyl sites for hydroxylation is 1. The lowest BCUT2D eigenvalue weighted by molar-refractivity contribution is 0.0113. The number of ether oxygens (including phenoxy) is 1. The number of carbonyl (C=O) groups excluding carboxylic acids is 1. The van der Waals surface area contributed by atoms with Crippen LogP contribution < -0.4 is 5.32 Å². The van der Waals surface area contributed by atoms with Gasteiger partial charge in [-0.15, -0.1) is 11.8 Å². The molecule has 0 saturated carbocycles. The first kappa shape index (κ1) is 18.5. The number of amides is 1. The number of pyridine rings is 1. The number of thioether (sulfide) groups is 1. The second kappa shape index (κ2) is 8.30. The van der Waals surface area contributed by atoms with Gasteiger partial charge in [0, 0.05) is 26.0 Å². The Morgan fingerprint density at radius 2 is 2.25 bits per heavy atom. The van der Waals surface area contributed by atoms with Crippen molar-refractivity contribution >= 4 is 23.4 Å². The van der Waals surface area contributed by atoms with Gasteiger partial charge in [-0.05, 0) is 38.2 Å². The van der Waals surface area contributed by atoms with E-state index in [4.69, 9.17) is 4.74 Å². The Kier molecular flexibility index (Phi) is 6.39. The Morgan fingerprint density at radius 3 is 2.96 bits per heavy atom. The highest BCUT2D eigenvalue weighted by molar-refractivity contribution is 7.99. The molecule has 2 aromatic heterocycles. The van der Waals surface area contributed by atoms with Gasteiger partial charge in [-0.1, -0.05) is 6.92 Å². The van der Waals surface area contributed by atoms with Gasteiger partial charge in [-0.3, -0.25) is 9.48 Å². The minimum atomic E-state index is -0.197. The fourth-order valence-corrected chi connectivity index (χ4v) is 2.78. The summed E-state index contributed by atoms with van der Waals surface area (Å²) in [6.07, 6.45) is 6.01. The van der Waals surface area contributed by atoms with Crippen LogP contribution in [0.3, 0.4) is 0 Å². The van der Waals surface area contributed by atoms with Gasteiger partial charge in [0.1, 0.15) is 5.03 Å². The zero-order valence-electron chi connectivity index (χ0n) is 14.6. The van der Waals surface area contributed by atoms with E-state index in [1.54, 1.807) is 48.1 Å². The summed E-state index contributed by atoms with van der Waals surface area (Å²) in [5.74, 6) is 0.695. The second-order valence-electron chi connectivity index (χ2n) is 5.95. The molecule has 2 heterocycles. The van der Waals surface area contributed by atoms with Crippen molar-refractivity contribution in [3.05, 3.63) is 36.3 Å². The van der Waals surface area contributed by atoms with E-state index in [1.807, 2.05) is 27.0 Å². The molecule has 0 atom stereocenters. The molecule has 1 amide bonds. The third-order valence-corrected chi connectivity index (χ3v) is 4.57. The monoisotopic (exact) mass is 348 g/mol. The summed E-state index contributed by atoms with van der Waals surface area (Å²) in [6.45, 7) is 6.83. The number of nitrogens with zero attached hydrogens (tertiary/aromatic N) is 3. The highest BCUT2D eigenvalue weighted by Gasteiger charge is 2.17. The molecule has 0 aromatic carbocycles. The van der Waals surface area contributed by atoms with Crippen molar-refractivity contribution in [1.29, 1.82) is 0 Å². The van der Waals surface area contributed by atoms with E-state index in [-0.39, 0.29) is 11.5 Å². The van der Waals surface area contributed by atoms with Crippen molar-refractivity contribution in [1.82, 2.24) is 14.8 Å². The van der Waals surface area contributed by atoms with Gasteiger partial charge in [-0.25, -0.2) is 4.98 Å². The summed E-state index contributed by atoms with van der Waals surface area (Å²) in [7, 11) is 1.70. The first-order valence-electron chi connectivity index (χ1n) is 7.92. The molecule has 1 N–H and O–H groups in total. The zero-order chi connectivity index (χ0) is 17.6. The van der Waals surface area contributed by atoms with Crippen LogP contribution in [-0.4, -0.2) is 39.1 Å². The molecule has 0 aliphatic heterocycles. The quantitative estimate of drug-likeness (QED) is 0.740. The van der Waals surface area contributed by atoms with Crippen LogP contribution in [0.15, 0.2) is 35.7 Å². The Labute approximate surface area is 147 Å². The molecule has 0 aliphatic rings. The van der Waals surface area contributed by atoms with Crippen LogP contribution in [0.1, 0.15) is 37.6 Å². The molecular weight excluding hydrogens is 324 g/mol. The molecule has 130 valence electrons. The largest absolute Gasteiger partial charge is 0.379 e. The average molecular weight is 348 g/mol. The Balaban J connectivity index is 2.01. The number of aromatic nitrogens is 3. The third kappa shape index (κ3) is 5.07. The molecule has 0 bridgehead atoms. The number of carbonyl (C=O) groups is 1. The van der Waals surface area contributed by atoms with Crippen LogP contribution in [0, 0.1) is 0 Å². The molecule has 2 rings (SSSR count). The molecule has 6 nitrogen and oxygen atoms in total. The highest BCUT2D eigenvalue weighted by Crippen LogP contribution is 2.21. The molecule has 24 heavy (non-hydrogen) atoms. The molecule has 0 spiro atoms. The maximum Gasteiger partial charge on any atom is 0.258 e. The molecule has 2 aromatic rings. The van der Waals surface area contributed by atoms with E-state index in [0.29, 0.717) is 11.3 Å². The number of methoxy groups -OCH3 is 1. The van der Waals surface area contributed by atoms with Crippen molar-refractivity contribution in [2.45, 2.75) is 44.4 Å². The molecular formula is C17H24N4O2S. The lowest BCUT2D eigenvalue weighted by Crippen LogP contribution is -2.24. The van der Waals surface area contributed by atoms with Crippen molar-refractivity contribution < 1.29 is 9.53 Å². The maximum atomic E-state index is 12.5. The molecule has 0 unspecified atom stereocenters. The predicted octanol–water partition coefficient (Wildman–Crippen LogP) is 3.46. The van der Waals surface area contributed by atoms with E-state index < -0.39 is 0 Å². The lowest BCUT2D eigenvalue weighted by Gasteiger charge is -2.22. The van der Waals surface area contributed by atoms with E-state index in [9.17, 15) is 4.79 Å². The second-order valence-corrected chi connectivity index (χ2v) is 7.20. The van der Waals surface area contributed by atoms with E-state index >= 15 is 0 Å². The summed E-state index contributed by atoms with van der Waals surface area (Å²) in [6, 6.07) is 3.55. The van der Waals surface area contributed by atoms with Gasteiger partial charge in [-0.2, -0.15) is 5.10 Å². The first-order valence-corrected chi connectivity index (χ1v) is 8.90. The summed E-state index contributed by atoms with van der Waals surface area (Å²) in [5.41, 5.74) is 1.06. The lowest BCUT2D eigenvalue weighted by atomic mass is 10.1. The van der Waals surface area contributed by atoms with Crippen LogP contribution in [-0.2, 0) is 11.3 Å². The van der Waals surface area contributed by atoms with Crippen LogP contribution in [0.5, 0.6) is 0 Å². The van der Waals surface area contributed by atoms with E-state index in [0.717, 1.165) is 23.7 Å². The number of nitrogens with one attached hydrogen (secondary N) is 1. The van der Waals surface area contributed by atoms with Crippen LogP contribution in [0.2, 0.25) is 0 Å². The zero-order valence-corrected chi connectivity index (χ0v) is 15.4. The number of hydrogen-bond donors (Lipinski definition) is 1. The number of hydrogen-bond acceptors (Lipinski definition) is 5. The smallest absolute Gasteiger partial charge is 0.258 e. The van der Waals surface area contributed by atoms with Crippen molar-refractivity contribution in [3.8, 4) is 0 Å². The van der Waals surface area contributed by atoms with Gasteiger partial charge in [0.15, 0.2) is 0 Å². The van der Waals surface area contributed by atoms with Crippen molar-refractivity contribution in [2.75, 3.05) is 18.2 Å². The minimum absolute atomic E-state index is 0.171. The van der Waals surface area contributed by atoms with Crippen LogP contribution in [0.25, 0.3) is 0 Å². The third-order valence-electron chi connectivity index (χ3n) is 3.68. The first-order chi connectivity index (χ1) is 11.4. The molecule has 0 fully saturated rings. The Morgan fingerprint density at radius 1 is 1.46 bits per heavy atom. The molecule has 0 radical (unpaired) electrons. The summed E-state index contributed by atoms with van der Waals surface area (Å²) >= 11 is 1.55. The molecule has 0 saturated heterocycles. The Hall–Kier alpha value is -1.86. The van der Waals surface area contributed by atoms with Crippen LogP contribution in [0.4, 0.5) is 5.69 Å². The number of rotatable bonds is 8. The maximum absolute atomic E-state index is 12.5. The average Bonchev–Trinajstić information content (AvgIpc) is 3.01.